The molecule has 20 nitrogen and oxygen atoms in total. The van der Waals surface area contributed by atoms with Crippen LogP contribution in [-0.2, 0) is 56.0 Å². The summed E-state index contributed by atoms with van der Waals surface area (Å²) >= 11 is 0. The Balaban J connectivity index is 1.22. The first kappa shape index (κ1) is 59.7. The number of ketones is 2. The zero-order valence-electron chi connectivity index (χ0n) is 44.6. The van der Waals surface area contributed by atoms with E-state index in [1.807, 2.05) is 66.7 Å². The average molecular weight is 1060 g/mol. The SMILES string of the molecule is [2H]NC(CCNC(=O)CC(CC(=O)C(C)c1ccc(CC(C)C)cc1)C(=O)O)C(=O)NCC1CCC(C(=O)CC(Cc2ccc3ccccc3c2)C(=O)NCCCCC(NC(=O)NC(CCC(=O)O)C(=O)O)C(=O)O)CC1. The van der Waals surface area contributed by atoms with E-state index in [1.54, 1.807) is 6.92 Å². The van der Waals surface area contributed by atoms with Crippen molar-refractivity contribution in [1.82, 2.24) is 26.6 Å². The summed E-state index contributed by atoms with van der Waals surface area (Å²) in [5, 5.41) is 52.4. The Morgan fingerprint density at radius 1 is 0.632 bits per heavy atom. The molecular weight excluding hydrogens is 981 g/mol. The molecule has 20 heteroatoms. The number of carbonyl (C=O) groups is 10. The molecule has 0 aliphatic heterocycles. The van der Waals surface area contributed by atoms with Crippen LogP contribution in [0.15, 0.2) is 66.7 Å². The lowest BCUT2D eigenvalue weighted by Crippen LogP contribution is -2.51. The molecule has 1 saturated carbocycles. The molecule has 0 saturated heterocycles. The van der Waals surface area contributed by atoms with Gasteiger partial charge in [0.15, 0.2) is 0 Å². The van der Waals surface area contributed by atoms with Gasteiger partial charge < -0.3 is 52.7 Å². The number of Topliss-reactive ketones (excluding diaryl/α,β-unsaturated/α-hetero) is 2. The van der Waals surface area contributed by atoms with Crippen LogP contribution < -0.4 is 32.3 Å². The number of hydrogen-bond acceptors (Lipinski definition) is 11. The smallest absolute Gasteiger partial charge is 0.326 e. The van der Waals surface area contributed by atoms with Crippen LogP contribution in [0.2, 0.25) is 1.41 Å². The largest absolute Gasteiger partial charge is 0.481 e. The summed E-state index contributed by atoms with van der Waals surface area (Å²) < 4.78 is 7.75. The first-order valence-electron chi connectivity index (χ1n) is 26.7. The Hall–Kier alpha value is -7.22. The van der Waals surface area contributed by atoms with Crippen LogP contribution in [-0.4, -0.2) is 117 Å². The van der Waals surface area contributed by atoms with Gasteiger partial charge in [0.25, 0.3) is 0 Å². The van der Waals surface area contributed by atoms with Crippen molar-refractivity contribution >= 4 is 70.0 Å². The monoisotopic (exact) mass is 1060 g/mol. The predicted molar refractivity (Wildman–Crippen MR) is 282 cm³/mol. The second-order valence-electron chi connectivity index (χ2n) is 20.5. The first-order valence-corrected chi connectivity index (χ1v) is 26.2. The third-order valence-corrected chi connectivity index (χ3v) is 14.0. The van der Waals surface area contributed by atoms with Crippen LogP contribution in [0.1, 0.15) is 127 Å². The molecule has 0 radical (unpaired) electrons. The predicted octanol–water partition coefficient (Wildman–Crippen LogP) is 5.12. The van der Waals surface area contributed by atoms with Gasteiger partial charge in [-0.1, -0.05) is 87.5 Å². The minimum Gasteiger partial charge on any atom is -0.481 e. The zero-order valence-corrected chi connectivity index (χ0v) is 43.6. The fraction of sp³-hybridized carbons (Fsp3) is 0.536. The van der Waals surface area contributed by atoms with E-state index in [4.69, 9.17) is 6.52 Å². The summed E-state index contributed by atoms with van der Waals surface area (Å²) in [6, 6.07) is 16.3. The first-order chi connectivity index (χ1) is 36.6. The molecule has 3 aromatic rings. The lowest BCUT2D eigenvalue weighted by molar-refractivity contribution is -0.146. The molecule has 4 rings (SSSR count). The highest BCUT2D eigenvalue weighted by Crippen LogP contribution is 2.31. The van der Waals surface area contributed by atoms with Crippen LogP contribution in [0.25, 0.3) is 10.8 Å². The van der Waals surface area contributed by atoms with Crippen molar-refractivity contribution in [1.29, 1.82) is 0 Å². The Kier molecular flexibility index (Phi) is 24.3. The van der Waals surface area contributed by atoms with E-state index < -0.39 is 96.9 Å². The van der Waals surface area contributed by atoms with Gasteiger partial charge >= 0.3 is 29.9 Å². The number of nitrogens with two attached hydrogens (primary N) is 1. The molecule has 0 spiro atoms. The van der Waals surface area contributed by atoms with Crippen LogP contribution in [0, 0.1) is 29.6 Å². The maximum atomic E-state index is 13.9. The fourth-order valence-corrected chi connectivity index (χ4v) is 9.39. The molecular formula is C56H76N6O14. The van der Waals surface area contributed by atoms with Gasteiger partial charge in [-0.05, 0) is 110 Å². The minimum absolute atomic E-state index is 0.0238. The summed E-state index contributed by atoms with van der Waals surface area (Å²) in [5.41, 5.74) is 4.99. The Morgan fingerprint density at radius 3 is 1.89 bits per heavy atom. The highest BCUT2D eigenvalue weighted by atomic mass is 16.4. The number of urea groups is 1. The number of benzene rings is 3. The molecule has 1 aliphatic rings. The van der Waals surface area contributed by atoms with Gasteiger partial charge in [0, 0.05) is 63.1 Å². The van der Waals surface area contributed by atoms with E-state index in [2.05, 4.69) is 46.2 Å². The molecule has 0 bridgehead atoms. The number of fused-ring (bicyclic) bond motifs is 1. The molecule has 414 valence electrons. The van der Waals surface area contributed by atoms with Crippen molar-refractivity contribution in [2.24, 2.45) is 35.3 Å². The van der Waals surface area contributed by atoms with Gasteiger partial charge in [0.1, 0.15) is 25.1 Å². The number of carboxylic acids is 4. The van der Waals surface area contributed by atoms with E-state index in [9.17, 15) is 63.3 Å². The highest BCUT2D eigenvalue weighted by Gasteiger charge is 2.32. The number of carbonyl (C=O) groups excluding carboxylic acids is 6. The zero-order chi connectivity index (χ0) is 56.6. The summed E-state index contributed by atoms with van der Waals surface area (Å²) in [6.45, 7) is 6.36. The summed E-state index contributed by atoms with van der Waals surface area (Å²) in [6.07, 6.45) is 2.34. The number of rotatable bonds is 34. The molecule has 3 aromatic carbocycles. The normalized spacial score (nSPS) is 16.9. The van der Waals surface area contributed by atoms with Gasteiger partial charge in [0.05, 0.1) is 12.0 Å². The topological polar surface area (TPSA) is 338 Å². The van der Waals surface area contributed by atoms with E-state index in [-0.39, 0.29) is 80.9 Å². The molecule has 5 amide bonds. The molecule has 0 heterocycles. The van der Waals surface area contributed by atoms with E-state index in [0.717, 1.165) is 33.9 Å². The van der Waals surface area contributed by atoms with E-state index in [0.29, 0.717) is 44.6 Å². The molecule has 6 unspecified atom stereocenters. The standard InChI is InChI=1S/C56H76N6O14/c1-33(2)26-35-11-16-38(17-12-35)34(3)47(63)30-43(53(70)71)31-49(65)58-25-23-44(57)52(69)60-32-36-13-19-40(20-14-36)48(64)29-42(28-37-15-18-39-8-4-5-9-41(39)27-37)51(68)59-24-7-6-10-45(54(72)73)61-56(76)62-46(55(74)75)21-22-50(66)67/h4-5,8-9,11-12,15-18,27,33-34,36,40,42-46H,6-7,10,13-14,19-26,28-32,57H2,1-3H3,(H,58,65)(H,59,68)(H,60,69)(H,66,67)(H,70,71)(H,72,73)(H,74,75)(H2,61,62,76)/i/hD. The van der Waals surface area contributed by atoms with Crippen LogP contribution in [0.5, 0.6) is 0 Å². The quantitative estimate of drug-likeness (QED) is 0.0347. The minimum atomic E-state index is -1.55. The lowest BCUT2D eigenvalue weighted by Gasteiger charge is -2.29. The third kappa shape index (κ3) is 21.2. The molecule has 1 aliphatic carbocycles. The number of hydrogen-bond donors (Lipinski definition) is 10. The Morgan fingerprint density at radius 2 is 1.28 bits per heavy atom. The van der Waals surface area contributed by atoms with Gasteiger partial charge in [0.2, 0.25) is 17.7 Å². The van der Waals surface area contributed by atoms with Crippen molar-refractivity contribution in [2.75, 3.05) is 19.6 Å². The fourth-order valence-electron chi connectivity index (χ4n) is 9.39. The number of unbranched alkanes of at least 4 members (excludes halogenated alkanes) is 1. The summed E-state index contributed by atoms with van der Waals surface area (Å²) in [7, 11) is 0. The number of carboxylic acid groups (broad SMARTS) is 4. The van der Waals surface area contributed by atoms with E-state index in [1.165, 1.54) is 0 Å². The molecule has 76 heavy (non-hydrogen) atoms. The van der Waals surface area contributed by atoms with Gasteiger partial charge in [-0.3, -0.25) is 33.6 Å². The van der Waals surface area contributed by atoms with Crippen LogP contribution in [0.3, 0.4) is 0 Å². The van der Waals surface area contributed by atoms with Crippen molar-refractivity contribution in [2.45, 2.75) is 141 Å². The summed E-state index contributed by atoms with van der Waals surface area (Å²) in [5.74, 6) is -9.45. The molecule has 1 fully saturated rings. The maximum absolute atomic E-state index is 13.9. The number of nitrogens with one attached hydrogen (secondary N) is 5. The molecule has 6 atom stereocenters. The van der Waals surface area contributed by atoms with Crippen molar-refractivity contribution < 1.29 is 69.8 Å². The van der Waals surface area contributed by atoms with Gasteiger partial charge in [-0.25, -0.2) is 14.4 Å². The third-order valence-electron chi connectivity index (χ3n) is 14.0. The van der Waals surface area contributed by atoms with Crippen molar-refractivity contribution in [3.63, 3.8) is 0 Å². The Labute approximate surface area is 444 Å². The second-order valence-corrected chi connectivity index (χ2v) is 20.5. The van der Waals surface area contributed by atoms with E-state index >= 15 is 0 Å². The second kappa shape index (κ2) is 31.0. The van der Waals surface area contributed by atoms with Crippen LogP contribution >= 0.6 is 0 Å². The molecule has 0 aromatic heterocycles. The lowest BCUT2D eigenvalue weighted by atomic mass is 9.77. The van der Waals surface area contributed by atoms with Gasteiger partial charge in [-0.15, -0.1) is 0 Å². The Bertz CT molecular complexity index is 2520. The number of amides is 5. The van der Waals surface area contributed by atoms with Gasteiger partial charge in [-0.2, -0.15) is 0 Å². The van der Waals surface area contributed by atoms with Crippen LogP contribution in [0.4, 0.5) is 4.79 Å². The average Bonchev–Trinajstić information content (AvgIpc) is 3.39. The summed E-state index contributed by atoms with van der Waals surface area (Å²) in [4.78, 5) is 125. The molecule has 11 N–H and O–H groups in total. The van der Waals surface area contributed by atoms with Crippen molar-refractivity contribution in [3.8, 4) is 0 Å². The van der Waals surface area contributed by atoms with Crippen molar-refractivity contribution in [3.05, 3.63) is 83.4 Å². The maximum Gasteiger partial charge on any atom is 0.326 e. The number of aliphatic carboxylic acids is 4. The highest BCUT2D eigenvalue weighted by molar-refractivity contribution is 5.92.